The van der Waals surface area contributed by atoms with Crippen molar-refractivity contribution in [3.8, 4) is 5.88 Å². The number of carboxylic acid groups (broad SMARTS) is 1. The SMILES string of the molecule is O=C(O)CC1(NC(=O)c2ccc(OCC(F)(F)C(F)F)nc2)CCCC1. The number of pyridine rings is 1. The molecule has 0 spiro atoms. The Kier molecular flexibility index (Phi) is 6.04. The molecule has 1 saturated carbocycles. The van der Waals surface area contributed by atoms with Crippen molar-refractivity contribution in [2.75, 3.05) is 6.61 Å². The molecule has 10 heteroatoms. The number of aliphatic carboxylic acids is 1. The first kappa shape index (κ1) is 19.9. The Labute approximate surface area is 146 Å². The number of rotatable bonds is 8. The van der Waals surface area contributed by atoms with E-state index in [1.165, 1.54) is 6.07 Å². The van der Waals surface area contributed by atoms with Crippen LogP contribution in [0.5, 0.6) is 5.88 Å². The highest BCUT2D eigenvalue weighted by atomic mass is 19.3. The molecular formula is C16H18F4N2O4. The van der Waals surface area contributed by atoms with Crippen molar-refractivity contribution in [1.82, 2.24) is 10.3 Å². The standard InChI is InChI=1S/C16H18F4N2O4/c17-14(18)16(19,20)9-26-11-4-3-10(8-21-11)13(25)22-15(7-12(23)24)5-1-2-6-15/h3-4,8,14H,1-2,5-7,9H2,(H,22,25)(H,23,24). The van der Waals surface area contributed by atoms with Gasteiger partial charge in [-0.3, -0.25) is 9.59 Å². The topological polar surface area (TPSA) is 88.5 Å². The van der Waals surface area contributed by atoms with E-state index in [-0.39, 0.29) is 17.9 Å². The van der Waals surface area contributed by atoms with Gasteiger partial charge in [-0.1, -0.05) is 12.8 Å². The van der Waals surface area contributed by atoms with Crippen LogP contribution < -0.4 is 10.1 Å². The maximum atomic E-state index is 12.8. The average molecular weight is 378 g/mol. The van der Waals surface area contributed by atoms with E-state index in [1.54, 1.807) is 0 Å². The molecule has 0 unspecified atom stereocenters. The minimum atomic E-state index is -4.30. The van der Waals surface area contributed by atoms with Gasteiger partial charge in [-0.25, -0.2) is 13.8 Å². The summed E-state index contributed by atoms with van der Waals surface area (Å²) in [5, 5.41) is 11.7. The fraction of sp³-hybridized carbons (Fsp3) is 0.562. The molecule has 6 nitrogen and oxygen atoms in total. The second-order valence-corrected chi connectivity index (χ2v) is 6.25. The van der Waals surface area contributed by atoms with Crippen LogP contribution in [0.25, 0.3) is 0 Å². The zero-order valence-electron chi connectivity index (χ0n) is 13.7. The number of nitrogens with one attached hydrogen (secondary N) is 1. The van der Waals surface area contributed by atoms with Gasteiger partial charge in [0.25, 0.3) is 5.91 Å². The third kappa shape index (κ3) is 5.06. The summed E-state index contributed by atoms with van der Waals surface area (Å²) in [7, 11) is 0. The van der Waals surface area contributed by atoms with Gasteiger partial charge >= 0.3 is 18.3 Å². The summed E-state index contributed by atoms with van der Waals surface area (Å²) in [6.07, 6.45) is -0.312. The fourth-order valence-corrected chi connectivity index (χ4v) is 2.83. The minimum Gasteiger partial charge on any atom is -0.481 e. The number of hydrogen-bond acceptors (Lipinski definition) is 4. The van der Waals surface area contributed by atoms with Gasteiger partial charge in [-0.15, -0.1) is 0 Å². The number of carbonyl (C=O) groups is 2. The van der Waals surface area contributed by atoms with Crippen molar-refractivity contribution in [2.24, 2.45) is 0 Å². The highest BCUT2D eigenvalue weighted by Gasteiger charge is 2.42. The predicted octanol–water partition coefficient (Wildman–Crippen LogP) is 2.88. The summed E-state index contributed by atoms with van der Waals surface area (Å²) < 4.78 is 54.2. The number of ether oxygens (including phenoxy) is 1. The van der Waals surface area contributed by atoms with E-state index >= 15 is 0 Å². The van der Waals surface area contributed by atoms with Crippen molar-refractivity contribution in [2.45, 2.75) is 50.0 Å². The zero-order chi connectivity index (χ0) is 19.4. The Hall–Kier alpha value is -2.39. The molecule has 1 aromatic rings. The highest BCUT2D eigenvalue weighted by molar-refractivity contribution is 5.94. The second kappa shape index (κ2) is 7.88. The van der Waals surface area contributed by atoms with Gasteiger partial charge in [0.15, 0.2) is 6.61 Å². The summed E-state index contributed by atoms with van der Waals surface area (Å²) in [5.41, 5.74) is -0.744. The van der Waals surface area contributed by atoms with E-state index in [0.29, 0.717) is 12.8 Å². The van der Waals surface area contributed by atoms with Gasteiger partial charge in [0, 0.05) is 12.3 Å². The number of carbonyl (C=O) groups excluding carboxylic acids is 1. The number of carboxylic acids is 1. The van der Waals surface area contributed by atoms with Gasteiger partial charge < -0.3 is 15.2 Å². The maximum Gasteiger partial charge on any atom is 0.340 e. The van der Waals surface area contributed by atoms with Crippen LogP contribution in [0.4, 0.5) is 17.6 Å². The Morgan fingerprint density at radius 2 is 1.96 bits per heavy atom. The van der Waals surface area contributed by atoms with Crippen molar-refractivity contribution in [3.63, 3.8) is 0 Å². The molecule has 0 radical (unpaired) electrons. The van der Waals surface area contributed by atoms with Crippen LogP contribution in [0.3, 0.4) is 0 Å². The Bertz CT molecular complexity index is 646. The molecule has 1 aliphatic carbocycles. The van der Waals surface area contributed by atoms with E-state index in [4.69, 9.17) is 5.11 Å². The quantitative estimate of drug-likeness (QED) is 0.679. The normalized spacial score (nSPS) is 16.5. The lowest BCUT2D eigenvalue weighted by Gasteiger charge is -2.28. The fourth-order valence-electron chi connectivity index (χ4n) is 2.83. The van der Waals surface area contributed by atoms with E-state index in [1.807, 2.05) is 0 Å². The Morgan fingerprint density at radius 3 is 2.46 bits per heavy atom. The first-order chi connectivity index (χ1) is 12.1. The lowest BCUT2D eigenvalue weighted by molar-refractivity contribution is -0.148. The molecule has 1 amide bonds. The average Bonchev–Trinajstić information content (AvgIpc) is 3.00. The molecule has 0 atom stereocenters. The van der Waals surface area contributed by atoms with E-state index < -0.39 is 36.4 Å². The van der Waals surface area contributed by atoms with Gasteiger partial charge in [-0.05, 0) is 18.9 Å². The monoisotopic (exact) mass is 378 g/mol. The molecule has 26 heavy (non-hydrogen) atoms. The maximum absolute atomic E-state index is 12.8. The largest absolute Gasteiger partial charge is 0.481 e. The third-order valence-corrected chi connectivity index (χ3v) is 4.16. The second-order valence-electron chi connectivity index (χ2n) is 6.25. The van der Waals surface area contributed by atoms with Crippen LogP contribution in [0.15, 0.2) is 18.3 Å². The molecule has 1 aromatic heterocycles. The van der Waals surface area contributed by atoms with Crippen LogP contribution in [0.2, 0.25) is 0 Å². The molecule has 1 aliphatic rings. The molecule has 1 fully saturated rings. The van der Waals surface area contributed by atoms with Gasteiger partial charge in [0.05, 0.1) is 17.5 Å². The minimum absolute atomic E-state index is 0.0784. The number of nitrogens with zero attached hydrogens (tertiary/aromatic N) is 1. The van der Waals surface area contributed by atoms with E-state index in [9.17, 15) is 27.2 Å². The number of hydrogen-bond donors (Lipinski definition) is 2. The first-order valence-corrected chi connectivity index (χ1v) is 7.93. The summed E-state index contributed by atoms with van der Waals surface area (Å²) in [4.78, 5) is 27.0. The lowest BCUT2D eigenvalue weighted by atomic mass is 9.93. The van der Waals surface area contributed by atoms with Gasteiger partial charge in [0.1, 0.15) is 0 Å². The van der Waals surface area contributed by atoms with Crippen molar-refractivity contribution >= 4 is 11.9 Å². The lowest BCUT2D eigenvalue weighted by Crippen LogP contribution is -2.47. The number of amides is 1. The van der Waals surface area contributed by atoms with E-state index in [2.05, 4.69) is 15.0 Å². The van der Waals surface area contributed by atoms with Crippen LogP contribution in [0, 0.1) is 0 Å². The summed E-state index contributed by atoms with van der Waals surface area (Å²) >= 11 is 0. The molecule has 2 rings (SSSR count). The smallest absolute Gasteiger partial charge is 0.340 e. The van der Waals surface area contributed by atoms with Crippen molar-refractivity contribution in [1.29, 1.82) is 0 Å². The summed E-state index contributed by atoms with van der Waals surface area (Å²) in [5.74, 6) is -6.20. The summed E-state index contributed by atoms with van der Waals surface area (Å²) in [6, 6.07) is 2.34. The molecular weight excluding hydrogens is 360 g/mol. The van der Waals surface area contributed by atoms with Crippen LogP contribution in [-0.2, 0) is 4.79 Å². The number of alkyl halides is 4. The number of aromatic nitrogens is 1. The molecule has 0 aliphatic heterocycles. The van der Waals surface area contributed by atoms with Crippen LogP contribution >= 0.6 is 0 Å². The van der Waals surface area contributed by atoms with Crippen molar-refractivity contribution < 1.29 is 37.0 Å². The molecule has 0 aromatic carbocycles. The Balaban J connectivity index is 1.99. The predicted molar refractivity (Wildman–Crippen MR) is 81.6 cm³/mol. The Morgan fingerprint density at radius 1 is 1.31 bits per heavy atom. The van der Waals surface area contributed by atoms with Gasteiger partial charge in [0.2, 0.25) is 5.88 Å². The van der Waals surface area contributed by atoms with Crippen molar-refractivity contribution in [3.05, 3.63) is 23.9 Å². The molecule has 2 N–H and O–H groups in total. The zero-order valence-corrected chi connectivity index (χ0v) is 13.7. The third-order valence-electron chi connectivity index (χ3n) is 4.16. The van der Waals surface area contributed by atoms with E-state index in [0.717, 1.165) is 25.1 Å². The summed E-state index contributed by atoms with van der Waals surface area (Å²) in [6.45, 7) is -1.54. The molecule has 1 heterocycles. The number of halogens is 4. The van der Waals surface area contributed by atoms with Crippen LogP contribution in [-0.4, -0.2) is 46.5 Å². The van der Waals surface area contributed by atoms with Crippen LogP contribution in [0.1, 0.15) is 42.5 Å². The molecule has 0 saturated heterocycles. The molecule has 0 bridgehead atoms. The van der Waals surface area contributed by atoms with Gasteiger partial charge in [-0.2, -0.15) is 8.78 Å². The molecule has 144 valence electrons. The highest BCUT2D eigenvalue weighted by Crippen LogP contribution is 2.33. The first-order valence-electron chi connectivity index (χ1n) is 7.93.